The Kier molecular flexibility index (Phi) is 5.98. The molecule has 0 radical (unpaired) electrons. The second-order valence-corrected chi connectivity index (χ2v) is 8.12. The van der Waals surface area contributed by atoms with Crippen LogP contribution < -0.4 is 22.1 Å². The van der Waals surface area contributed by atoms with E-state index in [1.165, 1.54) is 0 Å². The molecule has 5 heteroatoms. The van der Waals surface area contributed by atoms with E-state index >= 15 is 0 Å². The number of rotatable bonds is 8. The molecule has 0 saturated heterocycles. The molecule has 0 bridgehead atoms. The lowest BCUT2D eigenvalue weighted by atomic mass is 10.00. The Morgan fingerprint density at radius 3 is 1.45 bits per heavy atom. The van der Waals surface area contributed by atoms with E-state index in [4.69, 9.17) is 15.9 Å². The smallest absolute Gasteiger partial charge is 0.135 e. The summed E-state index contributed by atoms with van der Waals surface area (Å²) in [7, 11) is 0. The molecule has 1 heterocycles. The van der Waals surface area contributed by atoms with Crippen LogP contribution in [0.5, 0.6) is 0 Å². The molecule has 6 N–H and O–H groups in total. The van der Waals surface area contributed by atoms with E-state index in [2.05, 4.69) is 95.6 Å². The van der Waals surface area contributed by atoms with E-state index in [1.807, 2.05) is 0 Å². The number of furan rings is 1. The number of benzene rings is 4. The van der Waals surface area contributed by atoms with Gasteiger partial charge in [-0.25, -0.2) is 0 Å². The average Bonchev–Trinajstić information content (AvgIpc) is 3.23. The molecule has 0 unspecified atom stereocenters. The van der Waals surface area contributed by atoms with Crippen molar-refractivity contribution in [3.05, 3.63) is 84.9 Å². The number of nitrogens with two attached hydrogens (primary N) is 2. The van der Waals surface area contributed by atoms with Crippen LogP contribution in [0.15, 0.2) is 89.3 Å². The summed E-state index contributed by atoms with van der Waals surface area (Å²) in [5.41, 5.74) is 19.8. The molecule has 0 atom stereocenters. The summed E-state index contributed by atoms with van der Waals surface area (Å²) in [5.74, 6) is 0. The van der Waals surface area contributed by atoms with Crippen LogP contribution in [0.2, 0.25) is 0 Å². The first-order chi connectivity index (χ1) is 16.2. The molecule has 0 fully saturated rings. The standard InChI is InChI=1S/C28H28N4O/c29-11-13-31-23-5-1-3-19(15-23)21-7-9-27-25(17-21)26-18-22(8-10-28(26)33-27)20-4-2-6-24(16-20)32-14-12-30/h1-10,15-18,31-32H,11-14,29-30H2. The lowest BCUT2D eigenvalue weighted by Crippen LogP contribution is -2.12. The zero-order chi connectivity index (χ0) is 22.6. The summed E-state index contributed by atoms with van der Waals surface area (Å²) < 4.78 is 6.14. The lowest BCUT2D eigenvalue weighted by molar-refractivity contribution is 0.669. The Morgan fingerprint density at radius 1 is 0.545 bits per heavy atom. The van der Waals surface area contributed by atoms with Crippen molar-refractivity contribution >= 4 is 33.3 Å². The Balaban J connectivity index is 1.55. The van der Waals surface area contributed by atoms with Crippen molar-refractivity contribution < 1.29 is 4.42 Å². The fraction of sp³-hybridized carbons (Fsp3) is 0.143. The molecule has 1 aromatic heterocycles. The van der Waals surface area contributed by atoms with Crippen LogP contribution in [-0.4, -0.2) is 26.2 Å². The summed E-state index contributed by atoms with van der Waals surface area (Å²) in [6.45, 7) is 2.71. The van der Waals surface area contributed by atoms with Gasteiger partial charge in [-0.3, -0.25) is 0 Å². The molecular weight excluding hydrogens is 408 g/mol. The van der Waals surface area contributed by atoms with E-state index in [1.54, 1.807) is 0 Å². The van der Waals surface area contributed by atoms with Crippen molar-refractivity contribution in [3.63, 3.8) is 0 Å². The minimum Gasteiger partial charge on any atom is -0.456 e. The van der Waals surface area contributed by atoms with Gasteiger partial charge in [-0.2, -0.15) is 0 Å². The zero-order valence-electron chi connectivity index (χ0n) is 18.5. The largest absolute Gasteiger partial charge is 0.456 e. The third-order valence-corrected chi connectivity index (χ3v) is 5.81. The Labute approximate surface area is 193 Å². The van der Waals surface area contributed by atoms with E-state index in [0.717, 1.165) is 68.7 Å². The minimum absolute atomic E-state index is 0.603. The molecule has 166 valence electrons. The number of nitrogens with one attached hydrogen (secondary N) is 2. The highest BCUT2D eigenvalue weighted by Crippen LogP contribution is 2.35. The fourth-order valence-electron chi connectivity index (χ4n) is 4.19. The molecule has 5 aromatic rings. The molecule has 5 nitrogen and oxygen atoms in total. The third kappa shape index (κ3) is 4.42. The number of hydrogen-bond acceptors (Lipinski definition) is 5. The van der Waals surface area contributed by atoms with Gasteiger partial charge in [0.05, 0.1) is 0 Å². The van der Waals surface area contributed by atoms with Gasteiger partial charge in [-0.1, -0.05) is 36.4 Å². The van der Waals surface area contributed by atoms with Crippen LogP contribution in [0.1, 0.15) is 0 Å². The molecule has 33 heavy (non-hydrogen) atoms. The van der Waals surface area contributed by atoms with Crippen molar-refractivity contribution in [2.75, 3.05) is 36.8 Å². The maximum Gasteiger partial charge on any atom is 0.135 e. The SMILES string of the molecule is NCCNc1cccc(-c2ccc3oc4ccc(-c5cccc(NCCN)c5)cc4c3c2)c1. The van der Waals surface area contributed by atoms with Crippen LogP contribution >= 0.6 is 0 Å². The Morgan fingerprint density at radius 2 is 1.00 bits per heavy atom. The Bertz CT molecular complexity index is 1300. The van der Waals surface area contributed by atoms with Gasteiger partial charge in [0.15, 0.2) is 0 Å². The van der Waals surface area contributed by atoms with Gasteiger partial charge in [0.25, 0.3) is 0 Å². The minimum atomic E-state index is 0.603. The second-order valence-electron chi connectivity index (χ2n) is 8.12. The highest BCUT2D eigenvalue weighted by Gasteiger charge is 2.11. The molecule has 0 amide bonds. The summed E-state index contributed by atoms with van der Waals surface area (Å²) in [6, 6.07) is 29.6. The van der Waals surface area contributed by atoms with Crippen LogP contribution in [0.25, 0.3) is 44.2 Å². The highest BCUT2D eigenvalue weighted by atomic mass is 16.3. The molecule has 0 aliphatic carbocycles. The Hall–Kier alpha value is -3.80. The van der Waals surface area contributed by atoms with Gasteiger partial charge < -0.3 is 26.5 Å². The first kappa shape index (κ1) is 21.1. The zero-order valence-corrected chi connectivity index (χ0v) is 18.5. The van der Waals surface area contributed by atoms with Gasteiger partial charge in [0.1, 0.15) is 11.2 Å². The van der Waals surface area contributed by atoms with Crippen LogP contribution in [0.4, 0.5) is 11.4 Å². The van der Waals surface area contributed by atoms with Gasteiger partial charge in [0.2, 0.25) is 0 Å². The molecule has 0 aliphatic rings. The topological polar surface area (TPSA) is 89.2 Å². The van der Waals surface area contributed by atoms with Crippen molar-refractivity contribution in [2.45, 2.75) is 0 Å². The normalized spacial score (nSPS) is 11.2. The predicted molar refractivity (Wildman–Crippen MR) is 140 cm³/mol. The molecule has 4 aromatic carbocycles. The van der Waals surface area contributed by atoms with Gasteiger partial charge in [-0.15, -0.1) is 0 Å². The summed E-state index contributed by atoms with van der Waals surface area (Å²) in [5, 5.41) is 8.93. The average molecular weight is 437 g/mol. The predicted octanol–water partition coefficient (Wildman–Crippen LogP) is 5.66. The van der Waals surface area contributed by atoms with E-state index in [-0.39, 0.29) is 0 Å². The fourth-order valence-corrected chi connectivity index (χ4v) is 4.19. The summed E-state index contributed by atoms with van der Waals surface area (Å²) >= 11 is 0. The molecule has 0 aliphatic heterocycles. The summed E-state index contributed by atoms with van der Waals surface area (Å²) in [6.07, 6.45) is 0. The van der Waals surface area contributed by atoms with Crippen molar-refractivity contribution in [2.24, 2.45) is 11.5 Å². The van der Waals surface area contributed by atoms with Crippen molar-refractivity contribution in [1.82, 2.24) is 0 Å². The maximum atomic E-state index is 6.14. The highest BCUT2D eigenvalue weighted by molar-refractivity contribution is 6.07. The molecule has 0 saturated carbocycles. The maximum absolute atomic E-state index is 6.14. The summed E-state index contributed by atoms with van der Waals surface area (Å²) in [4.78, 5) is 0. The van der Waals surface area contributed by atoms with Crippen LogP contribution in [-0.2, 0) is 0 Å². The van der Waals surface area contributed by atoms with E-state index in [0.29, 0.717) is 13.1 Å². The second kappa shape index (κ2) is 9.36. The number of fused-ring (bicyclic) bond motifs is 3. The van der Waals surface area contributed by atoms with E-state index < -0.39 is 0 Å². The number of hydrogen-bond donors (Lipinski definition) is 4. The molecule has 5 rings (SSSR count). The third-order valence-electron chi connectivity index (χ3n) is 5.81. The first-order valence-corrected chi connectivity index (χ1v) is 11.3. The van der Waals surface area contributed by atoms with Gasteiger partial charge in [0, 0.05) is 48.3 Å². The van der Waals surface area contributed by atoms with Crippen molar-refractivity contribution in [1.29, 1.82) is 0 Å². The van der Waals surface area contributed by atoms with Gasteiger partial charge >= 0.3 is 0 Å². The van der Waals surface area contributed by atoms with E-state index in [9.17, 15) is 0 Å². The first-order valence-electron chi connectivity index (χ1n) is 11.3. The van der Waals surface area contributed by atoms with Crippen molar-refractivity contribution in [3.8, 4) is 22.3 Å². The molecular formula is C28H28N4O. The lowest BCUT2D eigenvalue weighted by Gasteiger charge is -2.08. The number of anilines is 2. The monoisotopic (exact) mass is 436 g/mol. The quantitative estimate of drug-likeness (QED) is 0.252. The van der Waals surface area contributed by atoms with Crippen LogP contribution in [0.3, 0.4) is 0 Å². The molecule has 0 spiro atoms. The van der Waals surface area contributed by atoms with Crippen LogP contribution in [0, 0.1) is 0 Å². The van der Waals surface area contributed by atoms with Gasteiger partial charge in [-0.05, 0) is 70.8 Å².